The predicted octanol–water partition coefficient (Wildman–Crippen LogP) is 13.8. The van der Waals surface area contributed by atoms with E-state index >= 15 is 0 Å². The zero-order valence-corrected chi connectivity index (χ0v) is 28.3. The number of oxazole rings is 1. The molecule has 0 spiro atoms. The molecule has 0 bridgehead atoms. The van der Waals surface area contributed by atoms with Gasteiger partial charge in [-0.2, -0.15) is 0 Å². The van der Waals surface area contributed by atoms with E-state index in [1.807, 2.05) is 18.2 Å². The Bertz CT molecular complexity index is 2890. The molecule has 0 saturated heterocycles. The molecule has 9 aromatic carbocycles. The summed E-state index contributed by atoms with van der Waals surface area (Å²) in [6, 6.07) is 68.8. The van der Waals surface area contributed by atoms with Gasteiger partial charge in [0.15, 0.2) is 5.58 Å². The summed E-state index contributed by atoms with van der Waals surface area (Å²) in [7, 11) is 0. The molecule has 0 aliphatic heterocycles. The molecule has 10 rings (SSSR count). The highest BCUT2D eigenvalue weighted by Crippen LogP contribution is 2.40. The van der Waals surface area contributed by atoms with Crippen molar-refractivity contribution in [3.63, 3.8) is 0 Å². The second-order valence-electron chi connectivity index (χ2n) is 13.2. The maximum absolute atomic E-state index is 6.39. The lowest BCUT2D eigenvalue weighted by Gasteiger charge is -2.26. The molecule has 0 aliphatic carbocycles. The van der Waals surface area contributed by atoms with E-state index < -0.39 is 0 Å². The van der Waals surface area contributed by atoms with Crippen LogP contribution in [0, 0.1) is 0 Å². The smallest absolute Gasteiger partial charge is 0.227 e. The van der Waals surface area contributed by atoms with E-state index in [1.54, 1.807) is 0 Å². The summed E-state index contributed by atoms with van der Waals surface area (Å²) in [5.41, 5.74) is 10.6. The van der Waals surface area contributed by atoms with Crippen molar-refractivity contribution < 1.29 is 4.42 Å². The zero-order chi connectivity index (χ0) is 34.4. The fourth-order valence-corrected chi connectivity index (χ4v) is 7.52. The molecule has 3 nitrogen and oxygen atoms in total. The minimum absolute atomic E-state index is 0.613. The van der Waals surface area contributed by atoms with Crippen molar-refractivity contribution in [2.24, 2.45) is 0 Å². The molecule has 0 saturated carbocycles. The molecule has 1 aromatic heterocycles. The van der Waals surface area contributed by atoms with Gasteiger partial charge in [-0.05, 0) is 110 Å². The molecule has 244 valence electrons. The minimum Gasteiger partial charge on any atom is -0.435 e. The molecular formula is C49H32N2O. The van der Waals surface area contributed by atoms with Crippen molar-refractivity contribution in [2.45, 2.75) is 0 Å². The quantitative estimate of drug-likeness (QED) is 0.166. The first-order chi connectivity index (χ1) is 25.8. The van der Waals surface area contributed by atoms with Crippen molar-refractivity contribution in [1.29, 1.82) is 0 Å². The number of anilines is 3. The highest BCUT2D eigenvalue weighted by atomic mass is 16.3. The number of hydrogen-bond acceptors (Lipinski definition) is 3. The molecular weight excluding hydrogens is 633 g/mol. The Balaban J connectivity index is 1.07. The van der Waals surface area contributed by atoms with Crippen molar-refractivity contribution in [1.82, 2.24) is 4.98 Å². The summed E-state index contributed by atoms with van der Waals surface area (Å²) in [6.45, 7) is 0. The van der Waals surface area contributed by atoms with E-state index in [0.29, 0.717) is 5.89 Å². The Kier molecular flexibility index (Phi) is 7.14. The molecule has 52 heavy (non-hydrogen) atoms. The average molecular weight is 665 g/mol. The Morgan fingerprint density at radius 3 is 1.75 bits per heavy atom. The third kappa shape index (κ3) is 5.19. The van der Waals surface area contributed by atoms with Crippen LogP contribution in [0.2, 0.25) is 0 Å². The average Bonchev–Trinajstić information content (AvgIpc) is 3.67. The molecule has 0 aliphatic rings. The maximum atomic E-state index is 6.39. The second-order valence-corrected chi connectivity index (χ2v) is 13.2. The van der Waals surface area contributed by atoms with Gasteiger partial charge in [0.25, 0.3) is 0 Å². The number of hydrogen-bond donors (Lipinski definition) is 0. The van der Waals surface area contributed by atoms with Crippen LogP contribution in [0.15, 0.2) is 199 Å². The SMILES string of the molecule is c1ccc(-c2cccc(N(c3ccc(-c4nc5ccc6ccccc6c5o4)cc3)c3ccc(-c4cc5ccccc5c5ccccc45)cc3)c2)cc1. The first-order valence-corrected chi connectivity index (χ1v) is 17.6. The number of rotatable bonds is 6. The Morgan fingerprint density at radius 2 is 0.981 bits per heavy atom. The van der Waals surface area contributed by atoms with Crippen LogP contribution in [0.1, 0.15) is 0 Å². The minimum atomic E-state index is 0.613. The molecule has 0 fully saturated rings. The van der Waals surface area contributed by atoms with Gasteiger partial charge in [-0.3, -0.25) is 0 Å². The van der Waals surface area contributed by atoms with Gasteiger partial charge in [0, 0.05) is 28.0 Å². The van der Waals surface area contributed by atoms with Gasteiger partial charge in [0.1, 0.15) is 5.52 Å². The second kappa shape index (κ2) is 12.4. The molecule has 0 N–H and O–H groups in total. The lowest BCUT2D eigenvalue weighted by atomic mass is 9.93. The van der Waals surface area contributed by atoms with Crippen LogP contribution in [-0.2, 0) is 0 Å². The predicted molar refractivity (Wildman–Crippen MR) is 218 cm³/mol. The van der Waals surface area contributed by atoms with E-state index in [9.17, 15) is 0 Å². The van der Waals surface area contributed by atoms with Gasteiger partial charge in [-0.25, -0.2) is 4.98 Å². The number of benzene rings is 9. The fraction of sp³-hybridized carbons (Fsp3) is 0. The third-order valence-corrected chi connectivity index (χ3v) is 10.1. The van der Waals surface area contributed by atoms with Crippen LogP contribution in [0.3, 0.4) is 0 Å². The third-order valence-electron chi connectivity index (χ3n) is 10.1. The van der Waals surface area contributed by atoms with Crippen LogP contribution >= 0.6 is 0 Å². The van der Waals surface area contributed by atoms with E-state index in [0.717, 1.165) is 50.1 Å². The molecule has 0 amide bonds. The van der Waals surface area contributed by atoms with Gasteiger partial charge in [-0.1, -0.05) is 133 Å². The molecule has 3 heteroatoms. The van der Waals surface area contributed by atoms with Crippen molar-refractivity contribution >= 4 is 60.5 Å². The summed E-state index contributed by atoms with van der Waals surface area (Å²) >= 11 is 0. The number of nitrogens with zero attached hydrogens (tertiary/aromatic N) is 2. The highest BCUT2D eigenvalue weighted by molar-refractivity contribution is 6.13. The number of aromatic nitrogens is 1. The first-order valence-electron chi connectivity index (χ1n) is 17.6. The summed E-state index contributed by atoms with van der Waals surface area (Å²) in [5, 5.41) is 7.25. The molecule has 0 atom stereocenters. The lowest BCUT2D eigenvalue weighted by Crippen LogP contribution is -2.10. The fourth-order valence-electron chi connectivity index (χ4n) is 7.52. The van der Waals surface area contributed by atoms with Gasteiger partial charge in [0.05, 0.1) is 0 Å². The Morgan fingerprint density at radius 1 is 0.365 bits per heavy atom. The highest BCUT2D eigenvalue weighted by Gasteiger charge is 2.17. The van der Waals surface area contributed by atoms with Crippen molar-refractivity contribution in [3.05, 3.63) is 194 Å². The van der Waals surface area contributed by atoms with Gasteiger partial charge in [0.2, 0.25) is 5.89 Å². The Hall–Kier alpha value is -6.97. The van der Waals surface area contributed by atoms with Gasteiger partial charge in [-0.15, -0.1) is 0 Å². The van der Waals surface area contributed by atoms with Gasteiger partial charge >= 0.3 is 0 Å². The topological polar surface area (TPSA) is 29.3 Å². The largest absolute Gasteiger partial charge is 0.435 e. The molecule has 0 unspecified atom stereocenters. The lowest BCUT2D eigenvalue weighted by molar-refractivity contribution is 0.623. The summed E-state index contributed by atoms with van der Waals surface area (Å²) < 4.78 is 6.39. The molecule has 0 radical (unpaired) electrons. The summed E-state index contributed by atoms with van der Waals surface area (Å²) in [4.78, 5) is 7.19. The van der Waals surface area contributed by atoms with E-state index in [2.05, 4.69) is 181 Å². The monoisotopic (exact) mass is 664 g/mol. The van der Waals surface area contributed by atoms with Crippen LogP contribution in [0.4, 0.5) is 17.1 Å². The van der Waals surface area contributed by atoms with E-state index in [-0.39, 0.29) is 0 Å². The zero-order valence-electron chi connectivity index (χ0n) is 28.3. The van der Waals surface area contributed by atoms with Gasteiger partial charge < -0.3 is 9.32 Å². The van der Waals surface area contributed by atoms with Crippen LogP contribution in [-0.4, -0.2) is 4.98 Å². The molecule has 1 heterocycles. The van der Waals surface area contributed by atoms with Crippen LogP contribution in [0.25, 0.3) is 77.1 Å². The normalized spacial score (nSPS) is 11.5. The first kappa shape index (κ1) is 29.9. The standard InChI is InChI=1S/C49H32N2O/c1-2-11-33(12-3-1)37-15-10-16-41(31-37)51(40-28-23-36(24-29-40)49-50-47-30-25-34-13-4-7-18-43(34)48(47)52-49)39-26-21-35(22-27-39)46-32-38-14-5-6-17-42(38)44-19-8-9-20-45(44)46/h1-32H. The van der Waals surface area contributed by atoms with Crippen LogP contribution < -0.4 is 4.90 Å². The van der Waals surface area contributed by atoms with Crippen molar-refractivity contribution in [2.75, 3.05) is 4.90 Å². The summed E-state index contributed by atoms with van der Waals surface area (Å²) in [6.07, 6.45) is 0. The van der Waals surface area contributed by atoms with E-state index in [4.69, 9.17) is 9.40 Å². The van der Waals surface area contributed by atoms with Crippen molar-refractivity contribution in [3.8, 4) is 33.7 Å². The van der Waals surface area contributed by atoms with Crippen LogP contribution in [0.5, 0.6) is 0 Å². The maximum Gasteiger partial charge on any atom is 0.227 e. The number of fused-ring (bicyclic) bond motifs is 6. The van der Waals surface area contributed by atoms with E-state index in [1.165, 1.54) is 38.2 Å². The Labute approximate surface area is 301 Å². The molecule has 10 aromatic rings. The summed E-state index contributed by atoms with van der Waals surface area (Å²) in [5.74, 6) is 0.613.